The summed E-state index contributed by atoms with van der Waals surface area (Å²) in [4.78, 5) is 9.79. The number of nitrogens with zero attached hydrogens (tertiary/aromatic N) is 2. The second-order valence-electron chi connectivity index (χ2n) is 3.86. The van der Waals surface area contributed by atoms with Crippen LogP contribution in [-0.2, 0) is 6.42 Å². The summed E-state index contributed by atoms with van der Waals surface area (Å²) in [7, 11) is 1.98. The summed E-state index contributed by atoms with van der Waals surface area (Å²) < 4.78 is 1.02. The summed E-state index contributed by atoms with van der Waals surface area (Å²) in [5.74, 6) is 0. The molecule has 0 amide bonds. The Morgan fingerprint density at radius 2 is 2.29 bits per heavy atom. The Morgan fingerprint density at radius 3 is 2.88 bits per heavy atom. The summed E-state index contributed by atoms with van der Waals surface area (Å²) in [5, 5.41) is 3.34. The van der Waals surface area contributed by atoms with Crippen molar-refractivity contribution in [3.05, 3.63) is 44.6 Å². The fourth-order valence-corrected chi connectivity index (χ4v) is 3.10. The lowest BCUT2D eigenvalue weighted by Crippen LogP contribution is -2.18. The van der Waals surface area contributed by atoms with Crippen molar-refractivity contribution in [1.82, 2.24) is 15.3 Å². The summed E-state index contributed by atoms with van der Waals surface area (Å²) in [6, 6.07) is 2.41. The molecule has 2 heterocycles. The van der Waals surface area contributed by atoms with Gasteiger partial charge in [-0.3, -0.25) is 4.98 Å². The van der Waals surface area contributed by atoms with Gasteiger partial charge in [-0.2, -0.15) is 0 Å². The Morgan fingerprint density at radius 1 is 1.47 bits per heavy atom. The maximum atomic E-state index is 4.30. The van der Waals surface area contributed by atoms with Gasteiger partial charge in [0.2, 0.25) is 0 Å². The SMILES string of the molecule is CNC(Cc1cncc(Br)c1)c1scnc1C. The van der Waals surface area contributed by atoms with E-state index >= 15 is 0 Å². The largest absolute Gasteiger partial charge is 0.312 e. The molecule has 0 aliphatic rings. The third kappa shape index (κ3) is 3.12. The first-order valence-corrected chi connectivity index (χ1v) is 7.04. The molecular weight excluding hydrogens is 298 g/mol. The average Bonchev–Trinajstić information content (AvgIpc) is 2.72. The second-order valence-corrected chi connectivity index (χ2v) is 5.66. The van der Waals surface area contributed by atoms with Gasteiger partial charge in [-0.1, -0.05) is 0 Å². The van der Waals surface area contributed by atoms with Crippen LogP contribution < -0.4 is 5.32 Å². The molecule has 2 aromatic heterocycles. The van der Waals surface area contributed by atoms with E-state index < -0.39 is 0 Å². The number of nitrogens with one attached hydrogen (secondary N) is 1. The molecule has 1 atom stereocenters. The predicted molar refractivity (Wildman–Crippen MR) is 74.3 cm³/mol. The van der Waals surface area contributed by atoms with Gasteiger partial charge in [0, 0.05) is 27.8 Å². The molecule has 5 heteroatoms. The van der Waals surface area contributed by atoms with Crippen LogP contribution in [0.3, 0.4) is 0 Å². The van der Waals surface area contributed by atoms with Crippen LogP contribution in [0.1, 0.15) is 22.2 Å². The number of hydrogen-bond donors (Lipinski definition) is 1. The normalized spacial score (nSPS) is 12.6. The zero-order valence-corrected chi connectivity index (χ0v) is 12.2. The van der Waals surface area contributed by atoms with E-state index in [2.05, 4.69) is 44.2 Å². The van der Waals surface area contributed by atoms with Crippen molar-refractivity contribution in [2.24, 2.45) is 0 Å². The minimum absolute atomic E-state index is 0.304. The lowest BCUT2D eigenvalue weighted by molar-refractivity contribution is 0.596. The van der Waals surface area contributed by atoms with Gasteiger partial charge in [-0.15, -0.1) is 11.3 Å². The highest BCUT2D eigenvalue weighted by Crippen LogP contribution is 2.25. The van der Waals surface area contributed by atoms with Crippen LogP contribution in [0, 0.1) is 6.92 Å². The molecule has 0 spiro atoms. The van der Waals surface area contributed by atoms with Gasteiger partial charge in [-0.25, -0.2) is 4.98 Å². The maximum Gasteiger partial charge on any atom is 0.0798 e. The number of halogens is 1. The average molecular weight is 312 g/mol. The van der Waals surface area contributed by atoms with E-state index in [-0.39, 0.29) is 0 Å². The number of thiazole rings is 1. The van der Waals surface area contributed by atoms with Gasteiger partial charge in [0.25, 0.3) is 0 Å². The molecule has 0 aromatic carbocycles. The Hall–Kier alpha value is -0.780. The molecule has 2 aromatic rings. The van der Waals surface area contributed by atoms with Crippen LogP contribution in [0.15, 0.2) is 28.4 Å². The topological polar surface area (TPSA) is 37.8 Å². The van der Waals surface area contributed by atoms with Crippen molar-refractivity contribution in [2.45, 2.75) is 19.4 Å². The third-order valence-electron chi connectivity index (χ3n) is 2.65. The number of pyridine rings is 1. The Bertz CT molecular complexity index is 498. The van der Waals surface area contributed by atoms with Gasteiger partial charge in [-0.05, 0) is 48.0 Å². The van der Waals surface area contributed by atoms with Crippen LogP contribution >= 0.6 is 27.3 Å². The second kappa shape index (κ2) is 5.71. The fourth-order valence-electron chi connectivity index (χ4n) is 1.77. The van der Waals surface area contributed by atoms with Crippen LogP contribution in [0.2, 0.25) is 0 Å². The molecule has 1 N–H and O–H groups in total. The molecule has 17 heavy (non-hydrogen) atoms. The summed E-state index contributed by atoms with van der Waals surface area (Å²) in [6.45, 7) is 2.05. The summed E-state index contributed by atoms with van der Waals surface area (Å²) in [6.07, 6.45) is 4.63. The highest BCUT2D eigenvalue weighted by molar-refractivity contribution is 9.10. The molecule has 2 rings (SSSR count). The highest BCUT2D eigenvalue weighted by Gasteiger charge is 2.15. The number of aromatic nitrogens is 2. The summed E-state index contributed by atoms with van der Waals surface area (Å²) >= 11 is 5.14. The summed E-state index contributed by atoms with van der Waals surface area (Å²) in [5.41, 5.74) is 4.22. The van der Waals surface area contributed by atoms with E-state index in [0.29, 0.717) is 6.04 Å². The van der Waals surface area contributed by atoms with Crippen LogP contribution in [0.5, 0.6) is 0 Å². The fraction of sp³-hybridized carbons (Fsp3) is 0.333. The van der Waals surface area contributed by atoms with E-state index in [1.165, 1.54) is 10.4 Å². The number of rotatable bonds is 4. The molecule has 0 radical (unpaired) electrons. The van der Waals surface area contributed by atoms with Crippen LogP contribution in [-0.4, -0.2) is 17.0 Å². The first-order valence-electron chi connectivity index (χ1n) is 5.37. The molecule has 0 aliphatic carbocycles. The van der Waals surface area contributed by atoms with Crippen molar-refractivity contribution < 1.29 is 0 Å². The molecular formula is C12H14BrN3S. The van der Waals surface area contributed by atoms with Crippen molar-refractivity contribution in [3.63, 3.8) is 0 Å². The van der Waals surface area contributed by atoms with Crippen molar-refractivity contribution >= 4 is 27.3 Å². The molecule has 0 saturated heterocycles. The van der Waals surface area contributed by atoms with E-state index in [1.54, 1.807) is 17.5 Å². The number of likely N-dealkylation sites (N-methyl/N-ethyl adjacent to an activating group) is 1. The van der Waals surface area contributed by atoms with Crippen LogP contribution in [0.25, 0.3) is 0 Å². The van der Waals surface area contributed by atoms with E-state index in [1.807, 2.05) is 18.8 Å². The molecule has 0 aliphatic heterocycles. The quantitative estimate of drug-likeness (QED) is 0.942. The molecule has 0 bridgehead atoms. The minimum atomic E-state index is 0.304. The molecule has 0 fully saturated rings. The smallest absolute Gasteiger partial charge is 0.0798 e. The maximum absolute atomic E-state index is 4.30. The first kappa shape index (κ1) is 12.7. The zero-order chi connectivity index (χ0) is 12.3. The van der Waals surface area contributed by atoms with E-state index in [9.17, 15) is 0 Å². The zero-order valence-electron chi connectivity index (χ0n) is 9.77. The van der Waals surface area contributed by atoms with Gasteiger partial charge < -0.3 is 5.32 Å². The monoisotopic (exact) mass is 311 g/mol. The Kier molecular flexibility index (Phi) is 4.25. The molecule has 3 nitrogen and oxygen atoms in total. The van der Waals surface area contributed by atoms with Crippen molar-refractivity contribution in [1.29, 1.82) is 0 Å². The van der Waals surface area contributed by atoms with Crippen molar-refractivity contribution in [2.75, 3.05) is 7.05 Å². The van der Waals surface area contributed by atoms with E-state index in [4.69, 9.17) is 0 Å². The standard InChI is InChI=1S/C12H14BrN3S/c1-8-12(17-7-16-8)11(14-2)4-9-3-10(13)6-15-5-9/h3,5-7,11,14H,4H2,1-2H3. The molecule has 0 saturated carbocycles. The van der Waals surface area contributed by atoms with Crippen molar-refractivity contribution in [3.8, 4) is 0 Å². The highest BCUT2D eigenvalue weighted by atomic mass is 79.9. The van der Waals surface area contributed by atoms with Gasteiger partial charge in [0.1, 0.15) is 0 Å². The van der Waals surface area contributed by atoms with Crippen LogP contribution in [0.4, 0.5) is 0 Å². The lowest BCUT2D eigenvalue weighted by atomic mass is 10.1. The molecule has 1 unspecified atom stereocenters. The Balaban J connectivity index is 2.19. The number of aryl methyl sites for hydroxylation is 1. The molecule has 90 valence electrons. The lowest BCUT2D eigenvalue weighted by Gasteiger charge is -2.15. The predicted octanol–water partition coefficient (Wildman–Crippen LogP) is 3.11. The third-order valence-corrected chi connectivity index (χ3v) is 4.13. The van der Waals surface area contributed by atoms with E-state index in [0.717, 1.165) is 16.6 Å². The number of hydrogen-bond acceptors (Lipinski definition) is 4. The van der Waals surface area contributed by atoms with Gasteiger partial charge in [0.15, 0.2) is 0 Å². The first-order chi connectivity index (χ1) is 8.20. The van der Waals surface area contributed by atoms with Gasteiger partial charge >= 0.3 is 0 Å². The van der Waals surface area contributed by atoms with Gasteiger partial charge in [0.05, 0.1) is 11.2 Å². The Labute approximate surface area is 113 Å². The minimum Gasteiger partial charge on any atom is -0.312 e.